The van der Waals surface area contributed by atoms with Gasteiger partial charge in [-0.05, 0) is 38.7 Å². The molecule has 0 bridgehead atoms. The molecule has 2 aliphatic rings. The lowest BCUT2D eigenvalue weighted by Gasteiger charge is -2.38. The minimum absolute atomic E-state index is 0.0176. The summed E-state index contributed by atoms with van der Waals surface area (Å²) in [6, 6.07) is 3.04. The van der Waals surface area contributed by atoms with Crippen LogP contribution in [0.1, 0.15) is 51.9 Å². The Hall–Kier alpha value is -2.41. The SMILES string of the molecule is C=C(CN1C[C@@H](Nc2ncnc3[nH]ccc23)CC[C@H]1C)C(=O)NC1CCCCC1. The molecule has 0 aromatic carbocycles. The van der Waals surface area contributed by atoms with Crippen LogP contribution in [0.2, 0.25) is 0 Å². The Balaban J connectivity index is 1.34. The van der Waals surface area contributed by atoms with Crippen LogP contribution in [-0.4, -0.2) is 57.0 Å². The number of carbonyl (C=O) groups excluding carboxylic acids is 1. The van der Waals surface area contributed by atoms with Crippen LogP contribution in [0.25, 0.3) is 11.0 Å². The van der Waals surface area contributed by atoms with Crippen molar-refractivity contribution in [1.29, 1.82) is 0 Å². The molecule has 7 heteroatoms. The van der Waals surface area contributed by atoms with Gasteiger partial charge in [0.05, 0.1) is 5.39 Å². The van der Waals surface area contributed by atoms with Crippen LogP contribution in [0.5, 0.6) is 0 Å². The minimum atomic E-state index is 0.0176. The van der Waals surface area contributed by atoms with Crippen molar-refractivity contribution in [1.82, 2.24) is 25.2 Å². The van der Waals surface area contributed by atoms with Crippen molar-refractivity contribution < 1.29 is 4.79 Å². The molecule has 2 aromatic heterocycles. The van der Waals surface area contributed by atoms with Gasteiger partial charge in [0.1, 0.15) is 17.8 Å². The van der Waals surface area contributed by atoms with Crippen molar-refractivity contribution in [3.8, 4) is 0 Å². The summed E-state index contributed by atoms with van der Waals surface area (Å²) in [6.45, 7) is 7.81. The fraction of sp³-hybridized carbons (Fsp3) is 0.591. The number of H-pyrrole nitrogens is 1. The molecule has 1 aliphatic carbocycles. The van der Waals surface area contributed by atoms with E-state index in [1.54, 1.807) is 6.33 Å². The number of hydrogen-bond donors (Lipinski definition) is 3. The maximum absolute atomic E-state index is 12.6. The van der Waals surface area contributed by atoms with Gasteiger partial charge in [0, 0.05) is 43.0 Å². The Labute approximate surface area is 172 Å². The van der Waals surface area contributed by atoms with Gasteiger partial charge in [-0.15, -0.1) is 0 Å². The van der Waals surface area contributed by atoms with Crippen molar-refractivity contribution in [3.05, 3.63) is 30.7 Å². The van der Waals surface area contributed by atoms with E-state index in [-0.39, 0.29) is 11.9 Å². The van der Waals surface area contributed by atoms with Crippen LogP contribution in [0.15, 0.2) is 30.7 Å². The molecule has 1 saturated heterocycles. The molecule has 2 atom stereocenters. The fourth-order valence-electron chi connectivity index (χ4n) is 4.55. The van der Waals surface area contributed by atoms with E-state index in [0.29, 0.717) is 24.2 Å². The van der Waals surface area contributed by atoms with E-state index < -0.39 is 0 Å². The maximum Gasteiger partial charge on any atom is 0.248 e. The molecular weight excluding hydrogens is 364 g/mol. The zero-order chi connectivity index (χ0) is 20.2. The standard InChI is InChI=1S/C22H32N6O/c1-15(22(29)27-17-6-4-3-5-7-17)12-28-13-18(9-8-16(28)2)26-21-19-10-11-23-20(19)24-14-25-21/h10-11,14,16-18H,1,3-9,12-13H2,2H3,(H,27,29)(H2,23,24,25,26)/t16-,18+/m1/s1. The highest BCUT2D eigenvalue weighted by molar-refractivity contribution is 5.93. The highest BCUT2D eigenvalue weighted by Crippen LogP contribution is 2.24. The molecule has 1 amide bonds. The Bertz CT molecular complexity index is 856. The molecule has 2 aromatic rings. The third-order valence-electron chi connectivity index (χ3n) is 6.36. The van der Waals surface area contributed by atoms with Crippen LogP contribution >= 0.6 is 0 Å². The molecule has 1 aliphatic heterocycles. The van der Waals surface area contributed by atoms with Gasteiger partial charge in [-0.3, -0.25) is 9.69 Å². The third kappa shape index (κ3) is 4.78. The van der Waals surface area contributed by atoms with Gasteiger partial charge >= 0.3 is 0 Å². The number of amides is 1. The summed E-state index contributed by atoms with van der Waals surface area (Å²) in [5.41, 5.74) is 1.51. The largest absolute Gasteiger partial charge is 0.365 e. The molecule has 0 radical (unpaired) electrons. The Morgan fingerprint density at radius 2 is 2.03 bits per heavy atom. The third-order valence-corrected chi connectivity index (χ3v) is 6.36. The number of rotatable bonds is 6. The molecule has 0 unspecified atom stereocenters. The van der Waals surface area contributed by atoms with Crippen LogP contribution in [0, 0.1) is 0 Å². The summed E-state index contributed by atoms with van der Waals surface area (Å²) in [7, 11) is 0. The van der Waals surface area contributed by atoms with E-state index in [4.69, 9.17) is 0 Å². The molecule has 29 heavy (non-hydrogen) atoms. The van der Waals surface area contributed by atoms with E-state index >= 15 is 0 Å². The number of piperidine rings is 1. The quantitative estimate of drug-likeness (QED) is 0.653. The second kappa shape index (κ2) is 8.95. The molecule has 156 valence electrons. The molecule has 3 N–H and O–H groups in total. The number of aromatic amines is 1. The van der Waals surface area contributed by atoms with E-state index in [9.17, 15) is 4.79 Å². The lowest BCUT2D eigenvalue weighted by Crippen LogP contribution is -2.49. The number of fused-ring (bicyclic) bond motifs is 1. The number of nitrogens with zero attached hydrogens (tertiary/aromatic N) is 3. The van der Waals surface area contributed by atoms with E-state index in [0.717, 1.165) is 49.1 Å². The summed E-state index contributed by atoms with van der Waals surface area (Å²) >= 11 is 0. The summed E-state index contributed by atoms with van der Waals surface area (Å²) in [5, 5.41) is 7.78. The summed E-state index contributed by atoms with van der Waals surface area (Å²) in [6.07, 6.45) is 11.5. The Kier molecular flexibility index (Phi) is 6.13. The average Bonchev–Trinajstić information content (AvgIpc) is 3.21. The van der Waals surface area contributed by atoms with Gasteiger partial charge in [0.25, 0.3) is 0 Å². The second-order valence-electron chi connectivity index (χ2n) is 8.57. The molecule has 2 fully saturated rings. The first-order valence-electron chi connectivity index (χ1n) is 10.9. The zero-order valence-corrected chi connectivity index (χ0v) is 17.3. The van der Waals surface area contributed by atoms with Gasteiger partial charge in [-0.2, -0.15) is 0 Å². The highest BCUT2D eigenvalue weighted by Gasteiger charge is 2.28. The van der Waals surface area contributed by atoms with Gasteiger partial charge in [-0.1, -0.05) is 25.8 Å². The van der Waals surface area contributed by atoms with Gasteiger partial charge < -0.3 is 15.6 Å². The van der Waals surface area contributed by atoms with Crippen molar-refractivity contribution in [2.75, 3.05) is 18.4 Å². The first-order valence-corrected chi connectivity index (χ1v) is 10.9. The number of hydrogen-bond acceptors (Lipinski definition) is 5. The van der Waals surface area contributed by atoms with Crippen LogP contribution in [0.3, 0.4) is 0 Å². The number of anilines is 1. The van der Waals surface area contributed by atoms with Crippen molar-refractivity contribution in [3.63, 3.8) is 0 Å². The van der Waals surface area contributed by atoms with Crippen molar-refractivity contribution in [2.24, 2.45) is 0 Å². The molecular formula is C22H32N6O. The average molecular weight is 397 g/mol. The lowest BCUT2D eigenvalue weighted by molar-refractivity contribution is -0.118. The number of carbonyl (C=O) groups is 1. The zero-order valence-electron chi connectivity index (χ0n) is 17.3. The van der Waals surface area contributed by atoms with Crippen LogP contribution < -0.4 is 10.6 Å². The molecule has 7 nitrogen and oxygen atoms in total. The Morgan fingerprint density at radius 3 is 2.86 bits per heavy atom. The van der Waals surface area contributed by atoms with E-state index in [1.165, 1.54) is 19.3 Å². The highest BCUT2D eigenvalue weighted by atomic mass is 16.1. The second-order valence-corrected chi connectivity index (χ2v) is 8.57. The summed E-state index contributed by atoms with van der Waals surface area (Å²) in [5.74, 6) is 0.883. The topological polar surface area (TPSA) is 85.9 Å². The van der Waals surface area contributed by atoms with Crippen LogP contribution in [0.4, 0.5) is 5.82 Å². The molecule has 4 rings (SSSR count). The normalized spacial score (nSPS) is 23.8. The monoisotopic (exact) mass is 396 g/mol. The lowest BCUT2D eigenvalue weighted by atomic mass is 9.95. The smallest absolute Gasteiger partial charge is 0.248 e. The van der Waals surface area contributed by atoms with Crippen molar-refractivity contribution >= 4 is 22.8 Å². The van der Waals surface area contributed by atoms with E-state index in [2.05, 4.69) is 44.0 Å². The van der Waals surface area contributed by atoms with Crippen molar-refractivity contribution in [2.45, 2.75) is 70.0 Å². The fourth-order valence-corrected chi connectivity index (χ4v) is 4.55. The first-order chi connectivity index (χ1) is 14.1. The number of nitrogens with one attached hydrogen (secondary N) is 3. The molecule has 0 spiro atoms. The van der Waals surface area contributed by atoms with Gasteiger partial charge in [-0.25, -0.2) is 9.97 Å². The van der Waals surface area contributed by atoms with Gasteiger partial charge in [0.15, 0.2) is 0 Å². The molecule has 1 saturated carbocycles. The Morgan fingerprint density at radius 1 is 1.21 bits per heavy atom. The minimum Gasteiger partial charge on any atom is -0.365 e. The molecule has 3 heterocycles. The summed E-state index contributed by atoms with van der Waals surface area (Å²) < 4.78 is 0. The summed E-state index contributed by atoms with van der Waals surface area (Å²) in [4.78, 5) is 26.8. The maximum atomic E-state index is 12.6. The van der Waals surface area contributed by atoms with Crippen LogP contribution in [-0.2, 0) is 4.79 Å². The predicted molar refractivity (Wildman–Crippen MR) is 116 cm³/mol. The van der Waals surface area contributed by atoms with Gasteiger partial charge in [0.2, 0.25) is 5.91 Å². The van der Waals surface area contributed by atoms with E-state index in [1.807, 2.05) is 12.3 Å². The number of likely N-dealkylation sites (tertiary alicyclic amines) is 1. The number of aromatic nitrogens is 3. The predicted octanol–water partition coefficient (Wildman–Crippen LogP) is 3.23. The first kappa shape index (κ1) is 19.9.